The number of methoxy groups -OCH3 is 1. The van der Waals surface area contributed by atoms with Crippen LogP contribution in [0.1, 0.15) is 23.7 Å². The summed E-state index contributed by atoms with van der Waals surface area (Å²) >= 11 is 0. The topological polar surface area (TPSA) is 89.7 Å². The van der Waals surface area contributed by atoms with E-state index in [-0.39, 0.29) is 23.5 Å². The lowest BCUT2D eigenvalue weighted by Gasteiger charge is -2.27. The number of hydrogen-bond donors (Lipinski definition) is 1. The van der Waals surface area contributed by atoms with E-state index in [1.807, 2.05) is 6.92 Å². The standard InChI is InChI=1S/C14H20N2O4S/c1-3-16(12-4-5-21(18,19)9-12)14(17)10-6-11(15)8-13(7-10)20-2/h6-8,12H,3-5,9,15H2,1-2H3. The molecular weight excluding hydrogens is 292 g/mol. The Labute approximate surface area is 124 Å². The van der Waals surface area contributed by atoms with Gasteiger partial charge in [0.25, 0.3) is 5.91 Å². The van der Waals surface area contributed by atoms with Gasteiger partial charge in [0.15, 0.2) is 9.84 Å². The van der Waals surface area contributed by atoms with Crippen LogP contribution in [0.3, 0.4) is 0 Å². The Morgan fingerprint density at radius 2 is 2.14 bits per heavy atom. The molecule has 1 aliphatic heterocycles. The van der Waals surface area contributed by atoms with Crippen LogP contribution in [-0.2, 0) is 9.84 Å². The fourth-order valence-corrected chi connectivity index (χ4v) is 4.35. The number of hydrogen-bond acceptors (Lipinski definition) is 5. The highest BCUT2D eigenvalue weighted by atomic mass is 32.2. The molecule has 1 amide bonds. The Morgan fingerprint density at radius 1 is 1.43 bits per heavy atom. The normalized spacial score (nSPS) is 20.2. The highest BCUT2D eigenvalue weighted by Gasteiger charge is 2.34. The third kappa shape index (κ3) is 3.47. The Bertz CT molecular complexity index is 642. The summed E-state index contributed by atoms with van der Waals surface area (Å²) in [5, 5.41) is 0. The van der Waals surface area contributed by atoms with E-state index in [4.69, 9.17) is 10.5 Å². The summed E-state index contributed by atoms with van der Waals surface area (Å²) in [6.45, 7) is 2.29. The molecule has 0 aromatic heterocycles. The number of benzene rings is 1. The van der Waals surface area contributed by atoms with Gasteiger partial charge in [-0.1, -0.05) is 0 Å². The number of carbonyl (C=O) groups is 1. The van der Waals surface area contributed by atoms with E-state index < -0.39 is 9.84 Å². The van der Waals surface area contributed by atoms with Gasteiger partial charge in [0.1, 0.15) is 5.75 Å². The van der Waals surface area contributed by atoms with E-state index in [0.717, 1.165) is 0 Å². The maximum absolute atomic E-state index is 12.6. The number of anilines is 1. The molecule has 1 aromatic rings. The molecule has 6 nitrogen and oxygen atoms in total. The highest BCUT2D eigenvalue weighted by Crippen LogP contribution is 2.23. The number of nitrogens with two attached hydrogens (primary N) is 1. The minimum Gasteiger partial charge on any atom is -0.497 e. The van der Waals surface area contributed by atoms with Gasteiger partial charge in [-0.25, -0.2) is 8.42 Å². The molecule has 0 bridgehead atoms. The smallest absolute Gasteiger partial charge is 0.254 e. The van der Waals surface area contributed by atoms with Crippen molar-refractivity contribution in [1.29, 1.82) is 0 Å². The molecule has 1 heterocycles. The van der Waals surface area contributed by atoms with Crippen molar-refractivity contribution in [3.8, 4) is 5.75 Å². The van der Waals surface area contributed by atoms with E-state index in [0.29, 0.717) is 30.0 Å². The molecule has 7 heteroatoms. The van der Waals surface area contributed by atoms with Crippen LogP contribution >= 0.6 is 0 Å². The number of rotatable bonds is 4. The fourth-order valence-electron chi connectivity index (χ4n) is 2.62. The van der Waals surface area contributed by atoms with Crippen molar-refractivity contribution in [2.75, 3.05) is 30.9 Å². The zero-order valence-corrected chi connectivity index (χ0v) is 13.0. The summed E-state index contributed by atoms with van der Waals surface area (Å²) in [6, 6.07) is 4.56. The molecule has 21 heavy (non-hydrogen) atoms. The number of carbonyl (C=O) groups excluding carboxylic acids is 1. The minimum absolute atomic E-state index is 0.0338. The summed E-state index contributed by atoms with van der Waals surface area (Å²) in [6.07, 6.45) is 0.487. The average molecular weight is 312 g/mol. The first-order chi connectivity index (χ1) is 9.86. The molecule has 116 valence electrons. The van der Waals surface area contributed by atoms with E-state index in [2.05, 4.69) is 0 Å². The van der Waals surface area contributed by atoms with Crippen LogP contribution in [-0.4, -0.2) is 50.4 Å². The second-order valence-corrected chi connectivity index (χ2v) is 7.37. The minimum atomic E-state index is -3.03. The summed E-state index contributed by atoms with van der Waals surface area (Å²) in [5.41, 5.74) is 6.62. The lowest BCUT2D eigenvalue weighted by Crippen LogP contribution is -2.41. The van der Waals surface area contributed by atoms with Crippen molar-refractivity contribution in [2.24, 2.45) is 0 Å². The van der Waals surface area contributed by atoms with Crippen molar-refractivity contribution in [3.63, 3.8) is 0 Å². The molecule has 1 unspecified atom stereocenters. The first-order valence-electron chi connectivity index (χ1n) is 6.82. The Morgan fingerprint density at radius 3 is 2.67 bits per heavy atom. The van der Waals surface area contributed by atoms with Crippen molar-refractivity contribution in [2.45, 2.75) is 19.4 Å². The Hall–Kier alpha value is -1.76. The SMILES string of the molecule is CCN(C(=O)c1cc(N)cc(OC)c1)C1CCS(=O)(=O)C1. The number of nitrogens with zero attached hydrogens (tertiary/aromatic N) is 1. The summed E-state index contributed by atoms with van der Waals surface area (Å²) in [7, 11) is -1.53. The maximum atomic E-state index is 12.6. The van der Waals surface area contributed by atoms with Crippen LogP contribution in [0.15, 0.2) is 18.2 Å². The first kappa shape index (κ1) is 15.6. The fraction of sp³-hybridized carbons (Fsp3) is 0.500. The molecule has 0 radical (unpaired) electrons. The van der Waals surface area contributed by atoms with Gasteiger partial charge < -0.3 is 15.4 Å². The van der Waals surface area contributed by atoms with Gasteiger partial charge in [0, 0.05) is 29.9 Å². The highest BCUT2D eigenvalue weighted by molar-refractivity contribution is 7.91. The van der Waals surface area contributed by atoms with Crippen LogP contribution in [0.25, 0.3) is 0 Å². The molecule has 1 aromatic carbocycles. The second kappa shape index (κ2) is 5.93. The van der Waals surface area contributed by atoms with Crippen molar-refractivity contribution in [3.05, 3.63) is 23.8 Å². The maximum Gasteiger partial charge on any atom is 0.254 e. The molecule has 2 rings (SSSR count). The first-order valence-corrected chi connectivity index (χ1v) is 8.64. The van der Waals surface area contributed by atoms with Gasteiger partial charge in [-0.15, -0.1) is 0 Å². The number of ether oxygens (including phenoxy) is 1. The molecule has 1 saturated heterocycles. The van der Waals surface area contributed by atoms with E-state index in [1.54, 1.807) is 23.1 Å². The van der Waals surface area contributed by atoms with Crippen molar-refractivity contribution >= 4 is 21.4 Å². The van der Waals surface area contributed by atoms with Gasteiger partial charge in [0.05, 0.1) is 18.6 Å². The van der Waals surface area contributed by atoms with Gasteiger partial charge in [0.2, 0.25) is 0 Å². The molecule has 1 aliphatic rings. The van der Waals surface area contributed by atoms with Crippen LogP contribution in [0.4, 0.5) is 5.69 Å². The molecule has 2 N–H and O–H groups in total. The van der Waals surface area contributed by atoms with Gasteiger partial charge >= 0.3 is 0 Å². The average Bonchev–Trinajstić information content (AvgIpc) is 2.78. The Kier molecular flexibility index (Phi) is 4.41. The second-order valence-electron chi connectivity index (χ2n) is 5.14. The molecule has 0 saturated carbocycles. The van der Waals surface area contributed by atoms with Crippen LogP contribution in [0.5, 0.6) is 5.75 Å². The van der Waals surface area contributed by atoms with Crippen molar-refractivity contribution in [1.82, 2.24) is 4.90 Å². The molecule has 1 atom stereocenters. The van der Waals surface area contributed by atoms with Crippen LogP contribution in [0, 0.1) is 0 Å². The molecule has 1 fully saturated rings. The van der Waals surface area contributed by atoms with Gasteiger partial charge in [-0.05, 0) is 25.5 Å². The monoisotopic (exact) mass is 312 g/mol. The lowest BCUT2D eigenvalue weighted by atomic mass is 10.1. The lowest BCUT2D eigenvalue weighted by molar-refractivity contribution is 0.0708. The van der Waals surface area contributed by atoms with Gasteiger partial charge in [-0.2, -0.15) is 0 Å². The van der Waals surface area contributed by atoms with Crippen LogP contribution in [0.2, 0.25) is 0 Å². The van der Waals surface area contributed by atoms with Crippen molar-refractivity contribution < 1.29 is 17.9 Å². The molecule has 0 spiro atoms. The zero-order chi connectivity index (χ0) is 15.6. The summed E-state index contributed by atoms with van der Waals surface area (Å²) in [5.74, 6) is 0.465. The van der Waals surface area contributed by atoms with E-state index in [9.17, 15) is 13.2 Å². The van der Waals surface area contributed by atoms with E-state index >= 15 is 0 Å². The molecule has 0 aliphatic carbocycles. The van der Waals surface area contributed by atoms with Crippen LogP contribution < -0.4 is 10.5 Å². The zero-order valence-electron chi connectivity index (χ0n) is 12.2. The number of sulfone groups is 1. The largest absolute Gasteiger partial charge is 0.497 e. The third-order valence-electron chi connectivity index (χ3n) is 3.66. The predicted molar refractivity (Wildman–Crippen MR) is 81.2 cm³/mol. The Balaban J connectivity index is 2.26. The predicted octanol–water partition coefficient (Wildman–Crippen LogP) is 0.927. The molecular formula is C14H20N2O4S. The third-order valence-corrected chi connectivity index (χ3v) is 5.41. The van der Waals surface area contributed by atoms with E-state index in [1.165, 1.54) is 7.11 Å². The quantitative estimate of drug-likeness (QED) is 0.835. The van der Waals surface area contributed by atoms with Gasteiger partial charge in [-0.3, -0.25) is 4.79 Å². The number of amides is 1. The summed E-state index contributed by atoms with van der Waals surface area (Å²) in [4.78, 5) is 14.2. The summed E-state index contributed by atoms with van der Waals surface area (Å²) < 4.78 is 28.3. The number of nitrogen functional groups attached to an aromatic ring is 1.